The van der Waals surface area contributed by atoms with Gasteiger partial charge >= 0.3 is 0 Å². The van der Waals surface area contributed by atoms with Crippen LogP contribution in [-0.4, -0.2) is 0 Å². The lowest BCUT2D eigenvalue weighted by molar-refractivity contribution is 0.313. The number of allylic oxidation sites excluding steroid dienone is 6. The van der Waals surface area contributed by atoms with Gasteiger partial charge in [-0.3, -0.25) is 0 Å². The largest absolute Gasteiger partial charge is 0.467 e. The second kappa shape index (κ2) is 4.21. The fraction of sp³-hybridized carbons (Fsp3) is 0.500. The third-order valence-electron chi connectivity index (χ3n) is 4.05. The highest BCUT2D eigenvalue weighted by Gasteiger charge is 2.45. The molecule has 0 bridgehead atoms. The lowest BCUT2D eigenvalue weighted by Gasteiger charge is -2.33. The Balaban J connectivity index is 2.44. The van der Waals surface area contributed by atoms with E-state index in [1.54, 1.807) is 0 Å². The minimum absolute atomic E-state index is 0.371. The van der Waals surface area contributed by atoms with Crippen LogP contribution in [0, 0.1) is 23.7 Å². The Labute approximate surface area is 105 Å². The van der Waals surface area contributed by atoms with Crippen LogP contribution in [0.2, 0.25) is 0 Å². The SMILES string of the molecule is C=C1OC(=C)C2C(C)C(C)=CC(C=C(C)C)C12. The van der Waals surface area contributed by atoms with Crippen molar-refractivity contribution in [3.05, 3.63) is 48.0 Å². The molecular weight excluding hydrogens is 208 g/mol. The standard InChI is InChI=1S/C16H22O/c1-9(2)7-14-8-10(3)11(4)15-12(5)17-13(6)16(14)15/h7-8,11,14-16H,5-6H2,1-4H3. The quantitative estimate of drug-likeness (QED) is 0.604. The Morgan fingerprint density at radius 2 is 1.82 bits per heavy atom. The van der Waals surface area contributed by atoms with Gasteiger partial charge in [0.25, 0.3) is 0 Å². The first-order valence-electron chi connectivity index (χ1n) is 6.30. The van der Waals surface area contributed by atoms with Crippen LogP contribution >= 0.6 is 0 Å². The molecule has 1 heteroatoms. The van der Waals surface area contributed by atoms with Crippen molar-refractivity contribution in [2.75, 3.05) is 0 Å². The van der Waals surface area contributed by atoms with E-state index in [0.29, 0.717) is 23.7 Å². The lowest BCUT2D eigenvalue weighted by Crippen LogP contribution is -2.29. The fourth-order valence-electron chi connectivity index (χ4n) is 3.13. The van der Waals surface area contributed by atoms with Gasteiger partial charge in [-0.15, -0.1) is 0 Å². The van der Waals surface area contributed by atoms with E-state index < -0.39 is 0 Å². The molecule has 4 unspecified atom stereocenters. The van der Waals surface area contributed by atoms with Gasteiger partial charge in [0.1, 0.15) is 11.5 Å². The van der Waals surface area contributed by atoms with Crippen molar-refractivity contribution in [3.8, 4) is 0 Å². The van der Waals surface area contributed by atoms with E-state index in [2.05, 4.69) is 53.0 Å². The number of ether oxygens (including phenoxy) is 1. The zero-order valence-corrected chi connectivity index (χ0v) is 11.3. The molecule has 1 aliphatic heterocycles. The van der Waals surface area contributed by atoms with E-state index in [1.165, 1.54) is 11.1 Å². The lowest BCUT2D eigenvalue weighted by atomic mass is 9.68. The van der Waals surface area contributed by atoms with Gasteiger partial charge in [-0.2, -0.15) is 0 Å². The summed E-state index contributed by atoms with van der Waals surface area (Å²) < 4.78 is 5.69. The van der Waals surface area contributed by atoms with E-state index in [0.717, 1.165) is 11.5 Å². The molecule has 4 atom stereocenters. The maximum atomic E-state index is 5.69. The first kappa shape index (κ1) is 12.2. The molecular formula is C16H22O. The van der Waals surface area contributed by atoms with Crippen molar-refractivity contribution in [3.63, 3.8) is 0 Å². The molecule has 1 heterocycles. The number of rotatable bonds is 1. The monoisotopic (exact) mass is 230 g/mol. The molecule has 92 valence electrons. The van der Waals surface area contributed by atoms with Crippen molar-refractivity contribution in [1.29, 1.82) is 0 Å². The summed E-state index contributed by atoms with van der Waals surface area (Å²) >= 11 is 0. The van der Waals surface area contributed by atoms with Crippen LogP contribution in [0.5, 0.6) is 0 Å². The molecule has 0 aromatic rings. The number of hydrogen-bond donors (Lipinski definition) is 0. The van der Waals surface area contributed by atoms with Crippen LogP contribution in [0.4, 0.5) is 0 Å². The minimum Gasteiger partial charge on any atom is -0.467 e. The maximum absolute atomic E-state index is 5.69. The summed E-state index contributed by atoms with van der Waals surface area (Å²) in [5.41, 5.74) is 2.78. The third kappa shape index (κ3) is 1.99. The number of hydrogen-bond acceptors (Lipinski definition) is 1. The van der Waals surface area contributed by atoms with Crippen LogP contribution in [0.15, 0.2) is 48.0 Å². The zero-order chi connectivity index (χ0) is 12.7. The predicted molar refractivity (Wildman–Crippen MR) is 72.2 cm³/mol. The summed E-state index contributed by atoms with van der Waals surface area (Å²) in [5.74, 6) is 3.47. The highest BCUT2D eigenvalue weighted by atomic mass is 16.5. The Morgan fingerprint density at radius 1 is 1.24 bits per heavy atom. The molecule has 0 aromatic heterocycles. The van der Waals surface area contributed by atoms with Crippen LogP contribution in [0.1, 0.15) is 27.7 Å². The Hall–Kier alpha value is -1.24. The molecule has 1 aliphatic carbocycles. The summed E-state index contributed by atoms with van der Waals surface area (Å²) in [5, 5.41) is 0. The van der Waals surface area contributed by atoms with Gasteiger partial charge in [0.2, 0.25) is 0 Å². The van der Waals surface area contributed by atoms with Crippen LogP contribution in [0.3, 0.4) is 0 Å². The van der Waals surface area contributed by atoms with E-state index in [1.807, 2.05) is 0 Å². The van der Waals surface area contributed by atoms with Crippen LogP contribution in [-0.2, 0) is 4.74 Å². The van der Waals surface area contributed by atoms with E-state index >= 15 is 0 Å². The van der Waals surface area contributed by atoms with E-state index in [-0.39, 0.29) is 0 Å². The molecule has 1 saturated heterocycles. The molecule has 0 saturated carbocycles. The molecule has 1 fully saturated rings. The molecule has 0 spiro atoms. The van der Waals surface area contributed by atoms with Gasteiger partial charge < -0.3 is 4.74 Å². The van der Waals surface area contributed by atoms with Crippen LogP contribution in [0.25, 0.3) is 0 Å². The molecule has 0 amide bonds. The van der Waals surface area contributed by atoms with E-state index in [4.69, 9.17) is 4.74 Å². The molecule has 0 aromatic carbocycles. The smallest absolute Gasteiger partial charge is 0.101 e. The molecule has 2 rings (SSSR count). The summed E-state index contributed by atoms with van der Waals surface area (Å²) in [6.07, 6.45) is 4.69. The van der Waals surface area contributed by atoms with Crippen LogP contribution < -0.4 is 0 Å². The summed E-state index contributed by atoms with van der Waals surface area (Å²) in [4.78, 5) is 0. The molecule has 0 N–H and O–H groups in total. The normalized spacial score (nSPS) is 36.1. The van der Waals surface area contributed by atoms with Crippen molar-refractivity contribution >= 4 is 0 Å². The fourth-order valence-corrected chi connectivity index (χ4v) is 3.13. The van der Waals surface area contributed by atoms with Crippen molar-refractivity contribution in [2.45, 2.75) is 27.7 Å². The summed E-state index contributed by atoms with van der Waals surface area (Å²) in [7, 11) is 0. The van der Waals surface area contributed by atoms with Gasteiger partial charge in [0, 0.05) is 17.8 Å². The van der Waals surface area contributed by atoms with Crippen molar-refractivity contribution in [2.24, 2.45) is 23.7 Å². The van der Waals surface area contributed by atoms with Gasteiger partial charge in [-0.25, -0.2) is 0 Å². The highest BCUT2D eigenvalue weighted by Crippen LogP contribution is 2.51. The molecule has 17 heavy (non-hydrogen) atoms. The second-order valence-corrected chi connectivity index (χ2v) is 5.61. The number of fused-ring (bicyclic) bond motifs is 1. The first-order valence-corrected chi connectivity index (χ1v) is 6.30. The first-order chi connectivity index (χ1) is 7.91. The molecule has 1 nitrogen and oxygen atoms in total. The average molecular weight is 230 g/mol. The highest BCUT2D eigenvalue weighted by molar-refractivity contribution is 5.30. The third-order valence-corrected chi connectivity index (χ3v) is 4.05. The predicted octanol–water partition coefficient (Wildman–Crippen LogP) is 4.45. The summed E-state index contributed by atoms with van der Waals surface area (Å²) in [6, 6.07) is 0. The van der Waals surface area contributed by atoms with Gasteiger partial charge in [0.15, 0.2) is 0 Å². The Bertz CT molecular complexity index is 421. The Kier molecular flexibility index (Phi) is 3.03. The van der Waals surface area contributed by atoms with E-state index in [9.17, 15) is 0 Å². The maximum Gasteiger partial charge on any atom is 0.101 e. The van der Waals surface area contributed by atoms with Gasteiger partial charge in [0.05, 0.1) is 0 Å². The Morgan fingerprint density at radius 3 is 2.41 bits per heavy atom. The summed E-state index contributed by atoms with van der Waals surface area (Å²) in [6.45, 7) is 16.9. The minimum atomic E-state index is 0.371. The second-order valence-electron chi connectivity index (χ2n) is 5.61. The van der Waals surface area contributed by atoms with Gasteiger partial charge in [-0.05, 0) is 26.7 Å². The van der Waals surface area contributed by atoms with Crippen molar-refractivity contribution < 1.29 is 4.74 Å². The molecule has 0 radical (unpaired) electrons. The van der Waals surface area contributed by atoms with Crippen molar-refractivity contribution in [1.82, 2.24) is 0 Å². The topological polar surface area (TPSA) is 9.23 Å². The average Bonchev–Trinajstić information content (AvgIpc) is 2.49. The zero-order valence-electron chi connectivity index (χ0n) is 11.3. The van der Waals surface area contributed by atoms with Gasteiger partial charge in [-0.1, -0.05) is 43.4 Å². The molecule has 2 aliphatic rings.